The molecule has 1 atom stereocenters. The van der Waals surface area contributed by atoms with Gasteiger partial charge in [-0.3, -0.25) is 0 Å². The van der Waals surface area contributed by atoms with Gasteiger partial charge in [0.1, 0.15) is 6.61 Å². The Balaban J connectivity index is 2.82. The average molecular weight is 270 g/mol. The second kappa shape index (κ2) is 8.01. The predicted molar refractivity (Wildman–Crippen MR) is 75.6 cm³/mol. The third-order valence-electron chi connectivity index (χ3n) is 2.62. The first kappa shape index (κ1) is 14.9. The summed E-state index contributed by atoms with van der Waals surface area (Å²) in [7, 11) is 1.64. The molecule has 3 nitrogen and oxygen atoms in total. The highest BCUT2D eigenvalue weighted by atomic mass is 35.5. The molecule has 1 aromatic carbocycles. The molecule has 1 unspecified atom stereocenters. The van der Waals surface area contributed by atoms with Crippen molar-refractivity contribution in [2.45, 2.75) is 19.9 Å². The number of methoxy groups -OCH3 is 1. The van der Waals surface area contributed by atoms with Gasteiger partial charge in [-0.25, -0.2) is 0 Å². The number of halogens is 1. The maximum atomic E-state index is 5.55. The van der Waals surface area contributed by atoms with Crippen molar-refractivity contribution in [2.75, 3.05) is 20.3 Å². The molecule has 0 radical (unpaired) electrons. The molecule has 0 aromatic heterocycles. The Morgan fingerprint density at radius 3 is 2.78 bits per heavy atom. The topological polar surface area (TPSA) is 30.5 Å². The minimum Gasteiger partial charge on any atom is -0.493 e. The summed E-state index contributed by atoms with van der Waals surface area (Å²) >= 11 is 5.44. The molecule has 0 bridgehead atoms. The zero-order valence-electron chi connectivity index (χ0n) is 11.1. The molecule has 4 heteroatoms. The van der Waals surface area contributed by atoms with Gasteiger partial charge < -0.3 is 14.8 Å². The number of rotatable bonds is 7. The Labute approximate surface area is 114 Å². The molecule has 1 aromatic rings. The normalized spacial score (nSPS) is 12.7. The number of benzene rings is 1. The summed E-state index contributed by atoms with van der Waals surface area (Å²) in [5.74, 6) is 1.46. The summed E-state index contributed by atoms with van der Waals surface area (Å²) < 4.78 is 10.9. The molecule has 0 heterocycles. The highest BCUT2D eigenvalue weighted by Gasteiger charge is 2.09. The van der Waals surface area contributed by atoms with Crippen LogP contribution in [0.25, 0.3) is 0 Å². The molecule has 0 aliphatic heterocycles. The smallest absolute Gasteiger partial charge is 0.161 e. The van der Waals surface area contributed by atoms with E-state index in [-0.39, 0.29) is 0 Å². The van der Waals surface area contributed by atoms with E-state index in [0.717, 1.165) is 18.0 Å². The summed E-state index contributed by atoms with van der Waals surface area (Å²) in [6.45, 7) is 5.57. The van der Waals surface area contributed by atoms with Gasteiger partial charge in [0.15, 0.2) is 11.5 Å². The van der Waals surface area contributed by atoms with Crippen molar-refractivity contribution in [3.63, 3.8) is 0 Å². The van der Waals surface area contributed by atoms with Gasteiger partial charge in [0, 0.05) is 11.6 Å². The van der Waals surface area contributed by atoms with E-state index in [1.165, 1.54) is 11.1 Å². The molecule has 100 valence electrons. The summed E-state index contributed by atoms with van der Waals surface area (Å²) in [5, 5.41) is 3.36. The first-order chi connectivity index (χ1) is 8.72. The molecule has 1 rings (SSSR count). The van der Waals surface area contributed by atoms with Crippen LogP contribution in [-0.4, -0.2) is 20.3 Å². The zero-order chi connectivity index (χ0) is 13.4. The van der Waals surface area contributed by atoms with E-state index in [0.29, 0.717) is 12.6 Å². The minimum atomic E-state index is 0.292. The lowest BCUT2D eigenvalue weighted by Gasteiger charge is -2.16. The molecular formula is C14H20ClNO2. The summed E-state index contributed by atoms with van der Waals surface area (Å²) in [5.41, 5.74) is 2.61. The van der Waals surface area contributed by atoms with Crippen molar-refractivity contribution in [1.82, 2.24) is 5.32 Å². The SMILES string of the molecule is CCNC(C)c1ccc(OC/C=C/Cl)c(OC)c1. The monoisotopic (exact) mass is 269 g/mol. The lowest BCUT2D eigenvalue weighted by Crippen LogP contribution is -2.17. The van der Waals surface area contributed by atoms with Gasteiger partial charge in [-0.05, 0) is 37.2 Å². The van der Waals surface area contributed by atoms with Crippen molar-refractivity contribution >= 4 is 11.6 Å². The Kier molecular flexibility index (Phi) is 6.61. The number of hydrogen-bond acceptors (Lipinski definition) is 3. The van der Waals surface area contributed by atoms with Crippen LogP contribution < -0.4 is 14.8 Å². The average Bonchev–Trinajstić information content (AvgIpc) is 2.39. The second-order valence-corrected chi connectivity index (χ2v) is 4.11. The van der Waals surface area contributed by atoms with E-state index < -0.39 is 0 Å². The molecule has 0 aliphatic carbocycles. The van der Waals surface area contributed by atoms with Gasteiger partial charge in [-0.15, -0.1) is 0 Å². The largest absolute Gasteiger partial charge is 0.493 e. The first-order valence-electron chi connectivity index (χ1n) is 6.02. The summed E-state index contributed by atoms with van der Waals surface area (Å²) in [4.78, 5) is 0. The van der Waals surface area contributed by atoms with Crippen molar-refractivity contribution in [2.24, 2.45) is 0 Å². The third-order valence-corrected chi connectivity index (χ3v) is 2.80. The molecule has 0 spiro atoms. The fraction of sp³-hybridized carbons (Fsp3) is 0.429. The van der Waals surface area contributed by atoms with Crippen molar-refractivity contribution in [3.05, 3.63) is 35.4 Å². The zero-order valence-corrected chi connectivity index (χ0v) is 11.8. The first-order valence-corrected chi connectivity index (χ1v) is 6.45. The molecular weight excluding hydrogens is 250 g/mol. The molecule has 1 N–H and O–H groups in total. The molecule has 0 saturated heterocycles. The van der Waals surface area contributed by atoms with Crippen LogP contribution >= 0.6 is 11.6 Å². The summed E-state index contributed by atoms with van der Waals surface area (Å²) in [6.07, 6.45) is 1.73. The van der Waals surface area contributed by atoms with Crippen LogP contribution in [0.2, 0.25) is 0 Å². The number of nitrogens with one attached hydrogen (secondary N) is 1. The van der Waals surface area contributed by atoms with Gasteiger partial charge >= 0.3 is 0 Å². The molecule has 0 amide bonds. The van der Waals surface area contributed by atoms with Gasteiger partial charge in [-0.1, -0.05) is 24.6 Å². The standard InChI is InChI=1S/C14H20ClNO2/c1-4-16-11(2)12-6-7-13(14(10-12)17-3)18-9-5-8-15/h5-8,10-11,16H,4,9H2,1-3H3/b8-5+. The van der Waals surface area contributed by atoms with Gasteiger partial charge in [0.2, 0.25) is 0 Å². The molecule has 0 saturated carbocycles. The van der Waals surface area contributed by atoms with E-state index in [1.54, 1.807) is 13.2 Å². The lowest BCUT2D eigenvalue weighted by molar-refractivity contribution is 0.326. The summed E-state index contributed by atoms with van der Waals surface area (Å²) in [6, 6.07) is 6.24. The van der Waals surface area contributed by atoms with Crippen molar-refractivity contribution in [1.29, 1.82) is 0 Å². The van der Waals surface area contributed by atoms with E-state index >= 15 is 0 Å². The van der Waals surface area contributed by atoms with E-state index in [2.05, 4.69) is 19.2 Å². The maximum Gasteiger partial charge on any atom is 0.161 e. The van der Waals surface area contributed by atoms with Crippen LogP contribution in [0.3, 0.4) is 0 Å². The lowest BCUT2D eigenvalue weighted by atomic mass is 10.1. The number of ether oxygens (including phenoxy) is 2. The molecule has 0 fully saturated rings. The van der Waals surface area contributed by atoms with Gasteiger partial charge in [-0.2, -0.15) is 0 Å². The molecule has 0 aliphatic rings. The van der Waals surface area contributed by atoms with Crippen molar-refractivity contribution < 1.29 is 9.47 Å². The van der Waals surface area contributed by atoms with Crippen LogP contribution in [0.5, 0.6) is 11.5 Å². The van der Waals surface area contributed by atoms with Gasteiger partial charge in [0.25, 0.3) is 0 Å². The fourth-order valence-corrected chi connectivity index (χ4v) is 1.74. The van der Waals surface area contributed by atoms with E-state index in [9.17, 15) is 0 Å². The Bertz CT molecular complexity index is 393. The Morgan fingerprint density at radius 1 is 1.39 bits per heavy atom. The quantitative estimate of drug-likeness (QED) is 0.822. The van der Waals surface area contributed by atoms with Crippen LogP contribution in [0.15, 0.2) is 29.8 Å². The van der Waals surface area contributed by atoms with Crippen LogP contribution in [0.1, 0.15) is 25.5 Å². The highest BCUT2D eigenvalue weighted by molar-refractivity contribution is 6.25. The van der Waals surface area contributed by atoms with Crippen molar-refractivity contribution in [3.8, 4) is 11.5 Å². The third kappa shape index (κ3) is 4.24. The van der Waals surface area contributed by atoms with Crippen LogP contribution in [0, 0.1) is 0 Å². The highest BCUT2D eigenvalue weighted by Crippen LogP contribution is 2.30. The number of hydrogen-bond donors (Lipinski definition) is 1. The Hall–Kier alpha value is -1.19. The fourth-order valence-electron chi connectivity index (χ4n) is 1.67. The van der Waals surface area contributed by atoms with Gasteiger partial charge in [0.05, 0.1) is 7.11 Å². The maximum absolute atomic E-state index is 5.55. The minimum absolute atomic E-state index is 0.292. The predicted octanol–water partition coefficient (Wildman–Crippen LogP) is 3.50. The van der Waals surface area contributed by atoms with E-state index in [1.807, 2.05) is 18.2 Å². The van der Waals surface area contributed by atoms with E-state index in [4.69, 9.17) is 21.1 Å². The van der Waals surface area contributed by atoms with Crippen LogP contribution in [-0.2, 0) is 0 Å². The second-order valence-electron chi connectivity index (χ2n) is 3.86. The van der Waals surface area contributed by atoms with Crippen LogP contribution in [0.4, 0.5) is 0 Å². The Morgan fingerprint density at radius 2 is 2.17 bits per heavy atom. The molecule has 18 heavy (non-hydrogen) atoms.